The number of fused-ring (bicyclic) bond motifs is 1. The number of amidine groups is 1. The maximum atomic E-state index is 13.8. The molecular formula is C75H105F4N11O19S. The van der Waals surface area contributed by atoms with Crippen molar-refractivity contribution in [1.82, 2.24) is 35.4 Å². The van der Waals surface area contributed by atoms with Crippen molar-refractivity contribution in [1.29, 1.82) is 0 Å². The average molecular weight is 1570 g/mol. The molecule has 0 bridgehead atoms. The Bertz CT molecular complexity index is 3750. The second-order valence-corrected chi connectivity index (χ2v) is 28.1. The van der Waals surface area contributed by atoms with Crippen LogP contribution >= 0.6 is 0 Å². The van der Waals surface area contributed by atoms with Crippen molar-refractivity contribution in [3.8, 4) is 16.9 Å². The topological polar surface area (TPSA) is 380 Å². The minimum atomic E-state index is -3.89. The largest absolute Gasteiger partial charge is 0.445 e. The predicted molar refractivity (Wildman–Crippen MR) is 399 cm³/mol. The van der Waals surface area contributed by atoms with Crippen molar-refractivity contribution < 1.29 is 107 Å². The number of hydrogen-bond donors (Lipinski definition) is 7. The van der Waals surface area contributed by atoms with Gasteiger partial charge in [-0.2, -0.15) is 13.1 Å². The van der Waals surface area contributed by atoms with Gasteiger partial charge in [-0.1, -0.05) is 64.1 Å². The fraction of sp³-hybridized carbons (Fsp3) is 0.547. The average Bonchev–Trinajstić information content (AvgIpc) is 1.65. The number of sulfonamides is 1. The first kappa shape index (κ1) is 90.1. The summed E-state index contributed by atoms with van der Waals surface area (Å²) in [6.45, 7) is 15.0. The number of carbonyl (C=O) groups excluding carboxylic acids is 7. The summed E-state index contributed by atoms with van der Waals surface area (Å²) in [6.07, 6.45) is 2.88. The molecule has 6 rings (SSSR count). The Morgan fingerprint density at radius 2 is 1.21 bits per heavy atom. The lowest BCUT2D eigenvalue weighted by Gasteiger charge is -2.38. The SMILES string of the molecule is CCCN(CCC)C(=O)C1=Cc2ccc(-c3cccc(S(=O)(=O)N4CC(CNC(=O)OCc5ccc(NC(=O)[C@H](CCCNC(N)=O)NC(=O)[C@@H](NC(=O)CCOCCOCCOCCOCCN(C)CCOCCOCCOCCOCCC(=O)Oc6c(F)c(F)cc(F)c6F)C(C)C)cc5)C4)c3)cc2N=C(N)C1. The van der Waals surface area contributed by atoms with Gasteiger partial charge in [0.25, 0.3) is 0 Å². The summed E-state index contributed by atoms with van der Waals surface area (Å²) < 4.78 is 137. The van der Waals surface area contributed by atoms with E-state index in [1.54, 1.807) is 50.2 Å². The number of benzene rings is 4. The van der Waals surface area contributed by atoms with Crippen LogP contribution in [0.1, 0.15) is 83.8 Å². The van der Waals surface area contributed by atoms with Crippen molar-refractivity contribution in [2.24, 2.45) is 28.3 Å². The van der Waals surface area contributed by atoms with Crippen LogP contribution in [0.2, 0.25) is 0 Å². The molecule has 2 aliphatic rings. The van der Waals surface area contributed by atoms with Crippen LogP contribution in [0.5, 0.6) is 5.75 Å². The molecule has 1 fully saturated rings. The Hall–Kier alpha value is -8.75. The van der Waals surface area contributed by atoms with E-state index in [4.69, 9.17) is 54.1 Å². The van der Waals surface area contributed by atoms with Crippen LogP contribution in [0.4, 0.5) is 38.5 Å². The summed E-state index contributed by atoms with van der Waals surface area (Å²) in [5.41, 5.74) is 15.8. The van der Waals surface area contributed by atoms with E-state index in [0.29, 0.717) is 120 Å². The van der Waals surface area contributed by atoms with Gasteiger partial charge in [0, 0.05) is 94.0 Å². The molecule has 0 aromatic heterocycles. The van der Waals surface area contributed by atoms with Crippen LogP contribution in [0, 0.1) is 35.1 Å². The van der Waals surface area contributed by atoms with Gasteiger partial charge in [-0.25, -0.2) is 31.8 Å². The summed E-state index contributed by atoms with van der Waals surface area (Å²) in [4.78, 5) is 98.6. The molecule has 0 saturated carbocycles. The maximum absolute atomic E-state index is 13.8. The molecule has 110 heavy (non-hydrogen) atoms. The number of ether oxygens (including phenoxy) is 10. The molecule has 2 atom stereocenters. The van der Waals surface area contributed by atoms with E-state index in [1.165, 1.54) is 10.4 Å². The third kappa shape index (κ3) is 31.9. The summed E-state index contributed by atoms with van der Waals surface area (Å²) in [7, 11) is -1.94. The van der Waals surface area contributed by atoms with Gasteiger partial charge in [0.05, 0.1) is 123 Å². The van der Waals surface area contributed by atoms with E-state index in [-0.39, 0.29) is 133 Å². The number of nitrogens with two attached hydrogens (primary N) is 2. The standard InChI is InChI=1S/C75H105F4N11O19S/c1-6-22-89(23-7-2)73(95)57-42-56-16-15-55(44-63(56)85-64(80)45-57)54-10-8-11-59(43-54)110(98,99)90-48-53(49-90)47-83-75(97)108-50-52-13-17-58(18-14-52)84-71(93)62(12-9-21-82-74(81)96)86-72(94)69(51(3)4)87-65(91)19-26-100-30-34-104-38-40-106-36-32-102-28-24-88(5)25-29-103-33-37-107-41-39-105-35-31-101-27-20-66(92)109-70-67(78)60(76)46-61(77)68(70)79/h8,10-11,13-18,42-44,46,51,53,62,69H,6-7,9,12,19-41,45,47-50H2,1-5H3,(H2,80,85)(H,83,97)(H,84,93)(H,86,94)(H,87,91)(H3,81,82,96)/t62-,69-/m0/s1. The second kappa shape index (κ2) is 48.8. The number of rotatable bonds is 53. The predicted octanol–water partition coefficient (Wildman–Crippen LogP) is 6.34. The summed E-state index contributed by atoms with van der Waals surface area (Å²) in [5.74, 6) is -11.5. The maximum Gasteiger partial charge on any atom is 0.407 e. The zero-order valence-corrected chi connectivity index (χ0v) is 63.9. The van der Waals surface area contributed by atoms with E-state index < -0.39 is 93.4 Å². The van der Waals surface area contributed by atoms with Crippen LogP contribution in [-0.4, -0.2) is 247 Å². The third-order valence-electron chi connectivity index (χ3n) is 16.9. The van der Waals surface area contributed by atoms with E-state index >= 15 is 0 Å². The number of halogens is 4. The van der Waals surface area contributed by atoms with Crippen LogP contribution in [0.25, 0.3) is 17.2 Å². The number of esters is 1. The Morgan fingerprint density at radius 1 is 0.655 bits per heavy atom. The van der Waals surface area contributed by atoms with Crippen molar-refractivity contribution in [2.75, 3.05) is 170 Å². The fourth-order valence-corrected chi connectivity index (χ4v) is 12.6. The number of urea groups is 1. The molecule has 0 radical (unpaired) electrons. The highest BCUT2D eigenvalue weighted by molar-refractivity contribution is 7.89. The molecule has 4 aromatic carbocycles. The molecule has 0 unspecified atom stereocenters. The summed E-state index contributed by atoms with van der Waals surface area (Å²) >= 11 is 0. The van der Waals surface area contributed by atoms with Gasteiger partial charge in [0.15, 0.2) is 11.6 Å². The smallest absolute Gasteiger partial charge is 0.407 e. The Kier molecular flexibility index (Phi) is 40.0. The van der Waals surface area contributed by atoms with Crippen LogP contribution in [0.15, 0.2) is 88.3 Å². The van der Waals surface area contributed by atoms with Gasteiger partial charge in [-0.15, -0.1) is 0 Å². The van der Waals surface area contributed by atoms with Gasteiger partial charge in [-0.3, -0.25) is 24.0 Å². The number of amides is 7. The summed E-state index contributed by atoms with van der Waals surface area (Å²) in [5, 5.41) is 13.5. The monoisotopic (exact) mass is 1570 g/mol. The molecule has 35 heteroatoms. The fourth-order valence-electron chi connectivity index (χ4n) is 11.0. The number of aliphatic imine (C=N–C) groups is 1. The van der Waals surface area contributed by atoms with Crippen molar-refractivity contribution in [2.45, 2.75) is 96.2 Å². The van der Waals surface area contributed by atoms with E-state index in [1.807, 2.05) is 56.1 Å². The van der Waals surface area contributed by atoms with E-state index in [0.717, 1.165) is 24.0 Å². The highest BCUT2D eigenvalue weighted by atomic mass is 32.2. The minimum Gasteiger partial charge on any atom is -0.445 e. The quantitative estimate of drug-likeness (QED) is 0.00833. The van der Waals surface area contributed by atoms with E-state index in [2.05, 4.69) is 41.2 Å². The van der Waals surface area contributed by atoms with Gasteiger partial charge in [0.2, 0.25) is 51.0 Å². The lowest BCUT2D eigenvalue weighted by atomic mass is 10.0. The van der Waals surface area contributed by atoms with Crippen molar-refractivity contribution in [3.05, 3.63) is 113 Å². The molecule has 0 spiro atoms. The second-order valence-electron chi connectivity index (χ2n) is 26.1. The molecule has 0 aliphatic carbocycles. The number of hydrogen-bond acceptors (Lipinski definition) is 22. The molecule has 2 aliphatic heterocycles. The third-order valence-corrected chi connectivity index (χ3v) is 18.8. The number of nitrogens with one attached hydrogen (secondary N) is 5. The Balaban J connectivity index is 0.771. The number of carbonyl (C=O) groups is 7. The molecule has 30 nitrogen and oxygen atoms in total. The van der Waals surface area contributed by atoms with Crippen molar-refractivity contribution in [3.63, 3.8) is 0 Å². The van der Waals surface area contributed by atoms with Gasteiger partial charge in [-0.05, 0) is 91.7 Å². The van der Waals surface area contributed by atoms with Crippen LogP contribution in [-0.2, 0) is 83.2 Å². The highest BCUT2D eigenvalue weighted by Crippen LogP contribution is 2.35. The number of likely N-dealkylation sites (N-methyl/N-ethyl adjacent to an activating group) is 1. The highest BCUT2D eigenvalue weighted by Gasteiger charge is 2.37. The molecule has 1 saturated heterocycles. The van der Waals surface area contributed by atoms with Crippen LogP contribution in [0.3, 0.4) is 0 Å². The first-order valence-electron chi connectivity index (χ1n) is 36.7. The van der Waals surface area contributed by atoms with Gasteiger partial charge >= 0.3 is 18.1 Å². The lowest BCUT2D eigenvalue weighted by Crippen LogP contribution is -2.54. The Morgan fingerprint density at radius 3 is 1.77 bits per heavy atom. The number of primary amides is 1. The van der Waals surface area contributed by atoms with Crippen molar-refractivity contribution >= 4 is 75.0 Å². The zero-order chi connectivity index (χ0) is 79.8. The molecule has 4 aromatic rings. The molecule has 7 amide bonds. The normalized spacial score (nSPS) is 13.6. The van der Waals surface area contributed by atoms with Gasteiger partial charge in [0.1, 0.15) is 24.5 Å². The minimum absolute atomic E-state index is 0.00755. The number of alkyl carbamates (subject to hydrolysis) is 1. The number of anilines is 1. The molecular weight excluding hydrogens is 1470 g/mol. The first-order chi connectivity index (χ1) is 52.9. The zero-order valence-electron chi connectivity index (χ0n) is 63.1. The van der Waals surface area contributed by atoms with E-state index in [9.17, 15) is 59.5 Å². The molecule has 9 N–H and O–H groups in total. The van der Waals surface area contributed by atoms with Crippen LogP contribution < -0.4 is 42.8 Å². The summed E-state index contributed by atoms with van der Waals surface area (Å²) in [6, 6.07) is 15.8. The molecule has 2 heterocycles. The molecule has 608 valence electrons. The number of nitrogens with zero attached hydrogens (tertiary/aromatic N) is 4. The lowest BCUT2D eigenvalue weighted by molar-refractivity contribution is -0.136. The first-order valence-corrected chi connectivity index (χ1v) is 38.2. The van der Waals surface area contributed by atoms with Gasteiger partial charge < -0.3 is 95.2 Å². The Labute approximate surface area is 639 Å².